The van der Waals surface area contributed by atoms with Crippen molar-refractivity contribution in [2.45, 2.75) is 32.8 Å². The van der Waals surface area contributed by atoms with Crippen LogP contribution in [0.1, 0.15) is 37.4 Å². The Morgan fingerprint density at radius 3 is 2.71 bits per heavy atom. The molecule has 0 saturated heterocycles. The van der Waals surface area contributed by atoms with E-state index in [2.05, 4.69) is 15.3 Å². The molecule has 1 aliphatic rings. The zero-order valence-electron chi connectivity index (χ0n) is 10.5. The van der Waals surface area contributed by atoms with Gasteiger partial charge < -0.3 is 10.1 Å². The molecule has 0 aromatic carbocycles. The highest BCUT2D eigenvalue weighted by Crippen LogP contribution is 2.42. The van der Waals surface area contributed by atoms with Gasteiger partial charge in [-0.1, -0.05) is 0 Å². The summed E-state index contributed by atoms with van der Waals surface area (Å²) in [6.45, 7) is 4.22. The molecule has 1 saturated carbocycles. The predicted octanol–water partition coefficient (Wildman–Crippen LogP) is 2.45. The first-order valence-electron chi connectivity index (χ1n) is 6.00. The van der Waals surface area contributed by atoms with Gasteiger partial charge in [-0.15, -0.1) is 0 Å². The predicted molar refractivity (Wildman–Crippen MR) is 63.4 cm³/mol. The maximum absolute atomic E-state index is 13.6. The molecule has 0 bridgehead atoms. The van der Waals surface area contributed by atoms with Crippen LogP contribution in [0.3, 0.4) is 0 Å². The average Bonchev–Trinajstić information content (AvgIpc) is 3.13. The molecule has 1 heterocycles. The van der Waals surface area contributed by atoms with Gasteiger partial charge in [0.1, 0.15) is 6.10 Å². The topological polar surface area (TPSA) is 47.0 Å². The zero-order valence-corrected chi connectivity index (χ0v) is 10.5. The van der Waals surface area contributed by atoms with E-state index in [0.29, 0.717) is 24.0 Å². The Morgan fingerprint density at radius 1 is 1.47 bits per heavy atom. The molecule has 94 valence electrons. The van der Waals surface area contributed by atoms with E-state index in [4.69, 9.17) is 4.74 Å². The van der Waals surface area contributed by atoms with Crippen LogP contribution in [0.4, 0.5) is 10.2 Å². The smallest absolute Gasteiger partial charge is 0.186 e. The number of ether oxygens (including phenoxy) is 1. The van der Waals surface area contributed by atoms with Gasteiger partial charge in [-0.25, -0.2) is 14.4 Å². The van der Waals surface area contributed by atoms with Crippen LogP contribution in [0.2, 0.25) is 0 Å². The van der Waals surface area contributed by atoms with Crippen molar-refractivity contribution >= 4 is 5.82 Å². The highest BCUT2D eigenvalue weighted by atomic mass is 19.1. The summed E-state index contributed by atoms with van der Waals surface area (Å²) in [6, 6.07) is 0. The number of nitrogens with zero attached hydrogens (tertiary/aromatic N) is 2. The molecule has 4 nitrogen and oxygen atoms in total. The molecule has 0 spiro atoms. The van der Waals surface area contributed by atoms with Crippen molar-refractivity contribution in [3.63, 3.8) is 0 Å². The molecule has 0 amide bonds. The quantitative estimate of drug-likeness (QED) is 0.857. The molecule has 1 aromatic heterocycles. The third-order valence-electron chi connectivity index (χ3n) is 2.92. The van der Waals surface area contributed by atoms with E-state index in [1.165, 1.54) is 0 Å². The number of nitrogens with one attached hydrogen (secondary N) is 1. The van der Waals surface area contributed by atoms with E-state index in [9.17, 15) is 4.39 Å². The fourth-order valence-electron chi connectivity index (χ4n) is 1.87. The van der Waals surface area contributed by atoms with E-state index < -0.39 is 0 Å². The number of halogens is 1. The van der Waals surface area contributed by atoms with Crippen molar-refractivity contribution in [3.05, 3.63) is 17.3 Å². The highest BCUT2D eigenvalue weighted by Gasteiger charge is 2.35. The van der Waals surface area contributed by atoms with Crippen LogP contribution in [0.25, 0.3) is 0 Å². The summed E-state index contributed by atoms with van der Waals surface area (Å²) in [5, 5.41) is 2.75. The molecular weight excluding hydrogens is 221 g/mol. The van der Waals surface area contributed by atoms with Crippen LogP contribution in [0, 0.1) is 18.7 Å². The minimum absolute atomic E-state index is 0.0913. The summed E-state index contributed by atoms with van der Waals surface area (Å²) >= 11 is 0. The molecule has 1 fully saturated rings. The van der Waals surface area contributed by atoms with Gasteiger partial charge in [0.25, 0.3) is 0 Å². The van der Waals surface area contributed by atoms with Crippen LogP contribution in [0.5, 0.6) is 0 Å². The number of hydrogen-bond donors (Lipinski definition) is 1. The van der Waals surface area contributed by atoms with Crippen molar-refractivity contribution in [1.29, 1.82) is 0 Å². The van der Waals surface area contributed by atoms with E-state index >= 15 is 0 Å². The normalized spacial score (nSPS) is 16.9. The first-order chi connectivity index (χ1) is 8.17. The van der Waals surface area contributed by atoms with Gasteiger partial charge in [-0.2, -0.15) is 0 Å². The van der Waals surface area contributed by atoms with E-state index in [0.717, 1.165) is 12.8 Å². The number of hydrogen-bond acceptors (Lipinski definition) is 4. The third-order valence-corrected chi connectivity index (χ3v) is 2.92. The van der Waals surface area contributed by atoms with E-state index in [1.54, 1.807) is 14.0 Å². The number of aryl methyl sites for hydroxylation is 1. The van der Waals surface area contributed by atoms with Crippen LogP contribution in [0.15, 0.2) is 0 Å². The summed E-state index contributed by atoms with van der Waals surface area (Å²) in [5.74, 6) is 0.947. The van der Waals surface area contributed by atoms with Crippen LogP contribution < -0.4 is 5.32 Å². The average molecular weight is 239 g/mol. The Kier molecular flexibility index (Phi) is 3.57. The van der Waals surface area contributed by atoms with Gasteiger partial charge in [-0.3, -0.25) is 0 Å². The van der Waals surface area contributed by atoms with E-state index in [1.807, 2.05) is 6.92 Å². The maximum atomic E-state index is 13.6. The highest BCUT2D eigenvalue weighted by molar-refractivity contribution is 5.37. The molecule has 0 radical (unpaired) electrons. The van der Waals surface area contributed by atoms with Gasteiger partial charge in [0, 0.05) is 13.7 Å². The summed E-state index contributed by atoms with van der Waals surface area (Å²) in [7, 11) is 1.65. The summed E-state index contributed by atoms with van der Waals surface area (Å²) in [4.78, 5) is 8.42. The first-order valence-corrected chi connectivity index (χ1v) is 6.00. The van der Waals surface area contributed by atoms with Gasteiger partial charge >= 0.3 is 0 Å². The van der Waals surface area contributed by atoms with Crippen molar-refractivity contribution in [2.24, 2.45) is 5.92 Å². The van der Waals surface area contributed by atoms with Gasteiger partial charge in [-0.05, 0) is 32.6 Å². The minimum atomic E-state index is -0.387. The Labute approximate surface area is 101 Å². The lowest BCUT2D eigenvalue weighted by molar-refractivity contribution is 0.0399. The molecule has 1 N–H and O–H groups in total. The Hall–Kier alpha value is -1.23. The first kappa shape index (κ1) is 12.2. The molecule has 1 unspecified atom stereocenters. The zero-order chi connectivity index (χ0) is 12.4. The van der Waals surface area contributed by atoms with Crippen LogP contribution in [-0.4, -0.2) is 23.6 Å². The van der Waals surface area contributed by atoms with Crippen LogP contribution >= 0.6 is 0 Å². The van der Waals surface area contributed by atoms with Crippen LogP contribution in [-0.2, 0) is 4.74 Å². The van der Waals surface area contributed by atoms with E-state index in [-0.39, 0.29) is 17.7 Å². The second-order valence-electron chi connectivity index (χ2n) is 4.29. The van der Waals surface area contributed by atoms with Crippen molar-refractivity contribution < 1.29 is 9.13 Å². The summed E-state index contributed by atoms with van der Waals surface area (Å²) in [5.41, 5.74) is 0.365. The number of anilines is 1. The number of rotatable bonds is 5. The molecule has 2 rings (SSSR count). The van der Waals surface area contributed by atoms with Crippen molar-refractivity contribution in [3.8, 4) is 0 Å². The van der Waals surface area contributed by atoms with Crippen molar-refractivity contribution in [1.82, 2.24) is 9.97 Å². The fraction of sp³-hybridized carbons (Fsp3) is 0.667. The molecular formula is C12H18FN3O. The molecule has 1 aliphatic carbocycles. The molecule has 17 heavy (non-hydrogen) atoms. The SMILES string of the molecule is CCOC(c1nc(C)c(F)c(NC)n1)C1CC1. The Balaban J connectivity index is 2.32. The third kappa shape index (κ3) is 2.54. The standard InChI is InChI=1S/C12H18FN3O/c1-4-17-10(8-5-6-8)12-15-7(2)9(13)11(14-3)16-12/h8,10H,4-6H2,1-3H3,(H,14,15,16). The van der Waals surface area contributed by atoms with Crippen molar-refractivity contribution in [2.75, 3.05) is 19.0 Å². The second-order valence-corrected chi connectivity index (χ2v) is 4.29. The maximum Gasteiger partial charge on any atom is 0.186 e. The molecule has 1 aromatic rings. The molecule has 1 atom stereocenters. The Morgan fingerprint density at radius 2 is 2.18 bits per heavy atom. The summed E-state index contributed by atoms with van der Waals surface area (Å²) < 4.78 is 19.3. The summed E-state index contributed by atoms with van der Waals surface area (Å²) in [6.07, 6.45) is 2.19. The minimum Gasteiger partial charge on any atom is -0.371 e. The lowest BCUT2D eigenvalue weighted by Crippen LogP contribution is -2.14. The second kappa shape index (κ2) is 4.96. The monoisotopic (exact) mass is 239 g/mol. The van der Waals surface area contributed by atoms with Gasteiger partial charge in [0.15, 0.2) is 17.5 Å². The largest absolute Gasteiger partial charge is 0.371 e. The molecule has 5 heteroatoms. The fourth-order valence-corrected chi connectivity index (χ4v) is 1.87. The van der Waals surface area contributed by atoms with Gasteiger partial charge in [0.2, 0.25) is 0 Å². The van der Waals surface area contributed by atoms with Gasteiger partial charge in [0.05, 0.1) is 5.69 Å². The lowest BCUT2D eigenvalue weighted by atomic mass is 10.2. The lowest BCUT2D eigenvalue weighted by Gasteiger charge is -2.16. The Bertz CT molecular complexity index is 407. The molecule has 0 aliphatic heterocycles. The number of aromatic nitrogens is 2.